The first-order chi connectivity index (χ1) is 14.2. The number of carboxylic acid groups (broad SMARTS) is 1. The molecule has 0 radical (unpaired) electrons. The predicted molar refractivity (Wildman–Crippen MR) is 113 cm³/mol. The first-order valence-electron chi connectivity index (χ1n) is 10.7. The maximum Gasteiger partial charge on any atom is 0.329 e. The molecule has 4 saturated carbocycles. The van der Waals surface area contributed by atoms with E-state index < -0.39 is 11.6 Å². The fourth-order valence-electron chi connectivity index (χ4n) is 6.13. The topological polar surface area (TPSA) is 84.9 Å². The zero-order valence-corrected chi connectivity index (χ0v) is 18.3. The van der Waals surface area contributed by atoms with Crippen molar-refractivity contribution in [1.29, 1.82) is 0 Å². The van der Waals surface area contributed by atoms with Crippen molar-refractivity contribution in [2.24, 2.45) is 23.2 Å². The summed E-state index contributed by atoms with van der Waals surface area (Å²) in [6, 6.07) is 7.17. The summed E-state index contributed by atoms with van der Waals surface area (Å²) in [5.74, 6) is 1.07. The van der Waals surface area contributed by atoms with Gasteiger partial charge in [0, 0.05) is 11.1 Å². The largest absolute Gasteiger partial charge is 0.480 e. The molecule has 7 heteroatoms. The van der Waals surface area contributed by atoms with Crippen LogP contribution in [0, 0.1) is 23.2 Å². The fourth-order valence-corrected chi connectivity index (χ4v) is 6.25. The summed E-state index contributed by atoms with van der Waals surface area (Å²) in [6.45, 7) is 3.84. The molecule has 1 amide bonds. The second-order valence-corrected chi connectivity index (χ2v) is 10.4. The van der Waals surface area contributed by atoms with Gasteiger partial charge in [-0.05, 0) is 93.4 Å². The molecular weight excluding hydrogens is 406 g/mol. The number of halogens is 1. The summed E-state index contributed by atoms with van der Waals surface area (Å²) in [4.78, 5) is 23.9. The van der Waals surface area contributed by atoms with Gasteiger partial charge < -0.3 is 19.9 Å². The summed E-state index contributed by atoms with van der Waals surface area (Å²) in [7, 11) is 0. The van der Waals surface area contributed by atoms with E-state index in [1.165, 1.54) is 0 Å². The normalized spacial score (nSPS) is 32.1. The Balaban J connectivity index is 1.39. The van der Waals surface area contributed by atoms with E-state index in [9.17, 15) is 9.59 Å². The van der Waals surface area contributed by atoms with Crippen LogP contribution in [-0.4, -0.2) is 41.8 Å². The van der Waals surface area contributed by atoms with E-state index in [0.29, 0.717) is 35.1 Å². The third kappa shape index (κ3) is 4.45. The minimum absolute atomic E-state index is 0.0719. The SMILES string of the molecule is CC(C)(Oc1ccc(Cl)cc1)C(=O)NC1C2CC3CC1CC(COCC(=O)O)(C3)C2. The third-order valence-corrected chi connectivity index (χ3v) is 7.32. The van der Waals surface area contributed by atoms with Gasteiger partial charge >= 0.3 is 5.97 Å². The van der Waals surface area contributed by atoms with Gasteiger partial charge in [-0.3, -0.25) is 4.79 Å². The van der Waals surface area contributed by atoms with E-state index in [1.807, 2.05) is 0 Å². The van der Waals surface area contributed by atoms with Gasteiger partial charge in [-0.2, -0.15) is 0 Å². The number of carbonyl (C=O) groups excluding carboxylic acids is 1. The smallest absolute Gasteiger partial charge is 0.329 e. The molecule has 0 aliphatic heterocycles. The van der Waals surface area contributed by atoms with E-state index >= 15 is 0 Å². The Hall–Kier alpha value is -1.79. The molecule has 2 N–H and O–H groups in total. The van der Waals surface area contributed by atoms with Crippen LogP contribution in [0.3, 0.4) is 0 Å². The second kappa shape index (κ2) is 8.04. The van der Waals surface area contributed by atoms with Crippen LogP contribution in [0.5, 0.6) is 5.75 Å². The van der Waals surface area contributed by atoms with Gasteiger partial charge in [-0.1, -0.05) is 11.6 Å². The first kappa shape index (κ1) is 21.4. The molecule has 0 saturated heterocycles. The highest BCUT2D eigenvalue weighted by atomic mass is 35.5. The van der Waals surface area contributed by atoms with Crippen LogP contribution in [0.1, 0.15) is 46.0 Å². The summed E-state index contributed by atoms with van der Waals surface area (Å²) in [5, 5.41) is 12.8. The van der Waals surface area contributed by atoms with Gasteiger partial charge in [0.25, 0.3) is 5.91 Å². The molecule has 1 aromatic rings. The van der Waals surface area contributed by atoms with Crippen molar-refractivity contribution in [3.63, 3.8) is 0 Å². The van der Waals surface area contributed by atoms with Gasteiger partial charge in [-0.25, -0.2) is 4.79 Å². The van der Waals surface area contributed by atoms with E-state index in [2.05, 4.69) is 5.32 Å². The molecule has 4 aliphatic carbocycles. The molecule has 0 spiro atoms. The van der Waals surface area contributed by atoms with Gasteiger partial charge in [0.15, 0.2) is 5.60 Å². The van der Waals surface area contributed by atoms with Gasteiger partial charge in [0.05, 0.1) is 6.61 Å². The monoisotopic (exact) mass is 435 g/mol. The van der Waals surface area contributed by atoms with Crippen LogP contribution < -0.4 is 10.1 Å². The number of carbonyl (C=O) groups is 2. The number of rotatable bonds is 8. The maximum atomic E-state index is 13.1. The second-order valence-electron chi connectivity index (χ2n) is 9.92. The number of hydrogen-bond donors (Lipinski definition) is 2. The molecule has 1 aromatic carbocycles. The van der Waals surface area contributed by atoms with E-state index in [-0.39, 0.29) is 24.0 Å². The zero-order chi connectivity index (χ0) is 21.5. The highest BCUT2D eigenvalue weighted by molar-refractivity contribution is 6.30. The summed E-state index contributed by atoms with van der Waals surface area (Å²) in [6.07, 6.45) is 5.35. The molecule has 4 bridgehead atoms. The highest BCUT2D eigenvalue weighted by Gasteiger charge is 2.56. The van der Waals surface area contributed by atoms with Gasteiger partial charge in [-0.15, -0.1) is 0 Å². The molecule has 4 fully saturated rings. The first-order valence-corrected chi connectivity index (χ1v) is 11.1. The lowest BCUT2D eigenvalue weighted by Gasteiger charge is -2.60. The Kier molecular flexibility index (Phi) is 5.75. The van der Waals surface area contributed by atoms with Crippen molar-refractivity contribution in [1.82, 2.24) is 5.32 Å². The lowest BCUT2D eigenvalue weighted by atomic mass is 9.48. The summed E-state index contributed by atoms with van der Waals surface area (Å²) in [5.41, 5.74) is -0.923. The van der Waals surface area contributed by atoms with Gasteiger partial charge in [0.1, 0.15) is 12.4 Å². The Morgan fingerprint density at radius 2 is 1.80 bits per heavy atom. The van der Waals surface area contributed by atoms with Crippen LogP contribution >= 0.6 is 11.6 Å². The van der Waals surface area contributed by atoms with Gasteiger partial charge in [0.2, 0.25) is 0 Å². The van der Waals surface area contributed by atoms with Crippen LogP contribution in [0.2, 0.25) is 5.02 Å². The lowest BCUT2D eigenvalue weighted by Crippen LogP contribution is -2.62. The molecule has 2 atom stereocenters. The van der Waals surface area contributed by atoms with E-state index in [1.54, 1.807) is 38.1 Å². The minimum atomic E-state index is -0.995. The molecule has 0 aromatic heterocycles. The quantitative estimate of drug-likeness (QED) is 0.646. The minimum Gasteiger partial charge on any atom is -0.480 e. The Morgan fingerprint density at radius 1 is 1.17 bits per heavy atom. The molecule has 4 aliphatic rings. The van der Waals surface area contributed by atoms with Crippen LogP contribution in [-0.2, 0) is 14.3 Å². The standard InChI is InChI=1S/C23H30ClNO5/c1-22(2,30-18-5-3-17(24)4-6-18)21(28)25-20-15-7-14-8-16(20)11-23(9-14,10-15)13-29-12-19(26)27/h3-6,14-16,20H,7-13H2,1-2H3,(H,25,28)(H,26,27). The number of amides is 1. The van der Waals surface area contributed by atoms with Crippen molar-refractivity contribution < 1.29 is 24.2 Å². The van der Waals surface area contributed by atoms with Crippen LogP contribution in [0.4, 0.5) is 0 Å². The molecule has 2 unspecified atom stereocenters. The van der Waals surface area contributed by atoms with Crippen molar-refractivity contribution >= 4 is 23.5 Å². The van der Waals surface area contributed by atoms with Crippen molar-refractivity contribution in [3.8, 4) is 5.75 Å². The fraction of sp³-hybridized carbons (Fsp3) is 0.652. The number of carboxylic acids is 1. The van der Waals surface area contributed by atoms with Crippen LogP contribution in [0.15, 0.2) is 24.3 Å². The number of aliphatic carboxylic acids is 1. The average molecular weight is 436 g/mol. The number of ether oxygens (including phenoxy) is 2. The molecule has 30 heavy (non-hydrogen) atoms. The third-order valence-electron chi connectivity index (χ3n) is 7.07. The van der Waals surface area contributed by atoms with Crippen molar-refractivity contribution in [2.45, 2.75) is 57.6 Å². The molecule has 6 nitrogen and oxygen atoms in total. The zero-order valence-electron chi connectivity index (χ0n) is 17.5. The number of hydrogen-bond acceptors (Lipinski definition) is 4. The van der Waals surface area contributed by atoms with Crippen molar-refractivity contribution in [3.05, 3.63) is 29.3 Å². The lowest BCUT2D eigenvalue weighted by molar-refractivity contribution is -0.152. The Bertz CT molecular complexity index is 792. The Labute approximate surface area is 182 Å². The molecule has 5 rings (SSSR count). The molecule has 0 heterocycles. The summed E-state index contributed by atoms with van der Waals surface area (Å²) < 4.78 is 11.5. The Morgan fingerprint density at radius 3 is 2.40 bits per heavy atom. The van der Waals surface area contributed by atoms with Crippen LogP contribution in [0.25, 0.3) is 0 Å². The van der Waals surface area contributed by atoms with E-state index in [0.717, 1.165) is 32.1 Å². The predicted octanol–water partition coefficient (Wildman–Crippen LogP) is 3.91. The molecule has 164 valence electrons. The highest BCUT2D eigenvalue weighted by Crippen LogP contribution is 2.60. The number of benzene rings is 1. The summed E-state index contributed by atoms with van der Waals surface area (Å²) >= 11 is 5.93. The van der Waals surface area contributed by atoms with E-state index in [4.69, 9.17) is 26.2 Å². The van der Waals surface area contributed by atoms with Crippen molar-refractivity contribution in [2.75, 3.05) is 13.2 Å². The number of nitrogens with one attached hydrogen (secondary N) is 1. The maximum absolute atomic E-state index is 13.1. The molecular formula is C23H30ClNO5. The average Bonchev–Trinajstić information content (AvgIpc) is 2.65.